The summed E-state index contributed by atoms with van der Waals surface area (Å²) in [5.74, 6) is -0.695. The molecule has 0 bridgehead atoms. The van der Waals surface area contributed by atoms with Crippen LogP contribution in [-0.4, -0.2) is 16.1 Å². The lowest BCUT2D eigenvalue weighted by molar-refractivity contribution is -0.148. The van der Waals surface area contributed by atoms with Gasteiger partial charge in [0.1, 0.15) is 0 Å². The number of fused-ring (bicyclic) bond motifs is 1. The van der Waals surface area contributed by atoms with Crippen LogP contribution in [0.5, 0.6) is 0 Å². The van der Waals surface area contributed by atoms with E-state index in [1.54, 1.807) is 0 Å². The van der Waals surface area contributed by atoms with Crippen LogP contribution < -0.4 is 5.32 Å². The Bertz CT molecular complexity index is 531. The highest BCUT2D eigenvalue weighted by atomic mass is 19.4. The van der Waals surface area contributed by atoms with Crippen LogP contribution in [0.2, 0.25) is 0 Å². The zero-order chi connectivity index (χ0) is 15.3. The smallest absolute Gasteiger partial charge is 0.321 e. The van der Waals surface area contributed by atoms with Crippen LogP contribution in [0.15, 0.2) is 0 Å². The van der Waals surface area contributed by atoms with Crippen LogP contribution in [0.3, 0.4) is 0 Å². The third kappa shape index (κ3) is 2.82. The van der Waals surface area contributed by atoms with E-state index in [1.165, 1.54) is 4.57 Å². The molecule has 6 heteroatoms. The lowest BCUT2D eigenvalue weighted by Crippen LogP contribution is -2.31. The Hall–Kier alpha value is -1.04. The average Bonchev–Trinajstić information content (AvgIpc) is 2.76. The normalized spacial score (nSPS) is 25.7. The van der Waals surface area contributed by atoms with Gasteiger partial charge in [-0.15, -0.1) is 0 Å². The van der Waals surface area contributed by atoms with Crippen molar-refractivity contribution in [3.8, 4) is 0 Å². The molecule has 1 aliphatic carbocycles. The number of aromatic nitrogens is 2. The van der Waals surface area contributed by atoms with E-state index in [9.17, 15) is 13.2 Å². The van der Waals surface area contributed by atoms with Gasteiger partial charge < -0.3 is 9.88 Å². The molecule has 2 aliphatic rings. The van der Waals surface area contributed by atoms with Crippen molar-refractivity contribution in [1.82, 2.24) is 14.9 Å². The fourth-order valence-corrected chi connectivity index (χ4v) is 3.80. The van der Waals surface area contributed by atoms with Crippen molar-refractivity contribution in [1.29, 1.82) is 0 Å². The molecule has 3 rings (SSSR count). The summed E-state index contributed by atoms with van der Waals surface area (Å²) < 4.78 is 41.7. The second kappa shape index (κ2) is 5.00. The fraction of sp³-hybridized carbons (Fsp3) is 0.800. The van der Waals surface area contributed by atoms with Crippen molar-refractivity contribution in [2.45, 2.75) is 64.7 Å². The Balaban J connectivity index is 2.05. The first-order chi connectivity index (χ1) is 9.78. The highest BCUT2D eigenvalue weighted by molar-refractivity contribution is 5.23. The summed E-state index contributed by atoms with van der Waals surface area (Å²) in [6.45, 7) is 5.47. The van der Waals surface area contributed by atoms with E-state index in [0.717, 1.165) is 37.9 Å². The lowest BCUT2D eigenvalue weighted by Gasteiger charge is -2.37. The molecule has 0 radical (unpaired) electrons. The van der Waals surface area contributed by atoms with Gasteiger partial charge in [0, 0.05) is 31.2 Å². The number of rotatable bonds is 1. The fourth-order valence-electron chi connectivity index (χ4n) is 3.80. The molecule has 0 amide bonds. The van der Waals surface area contributed by atoms with E-state index >= 15 is 0 Å². The number of hydrogen-bond acceptors (Lipinski definition) is 2. The molecule has 1 saturated carbocycles. The molecule has 3 nitrogen and oxygen atoms in total. The zero-order valence-electron chi connectivity index (χ0n) is 12.6. The molecule has 21 heavy (non-hydrogen) atoms. The molecular formula is C15H22F3N3. The average molecular weight is 301 g/mol. The van der Waals surface area contributed by atoms with Gasteiger partial charge in [-0.1, -0.05) is 20.3 Å². The molecule has 1 aromatic rings. The maximum atomic E-state index is 13.4. The Labute approximate surface area is 122 Å². The van der Waals surface area contributed by atoms with Crippen LogP contribution in [0, 0.1) is 5.41 Å². The minimum atomic E-state index is -4.38. The van der Waals surface area contributed by atoms with Crippen molar-refractivity contribution in [3.63, 3.8) is 0 Å². The minimum absolute atomic E-state index is 0.0697. The Kier molecular flexibility index (Phi) is 3.55. The Morgan fingerprint density at radius 1 is 1.33 bits per heavy atom. The highest BCUT2D eigenvalue weighted by Gasteiger charge is 2.42. The number of nitrogens with zero attached hydrogens (tertiary/aromatic N) is 2. The molecule has 0 aromatic carbocycles. The number of hydrogen-bond donors (Lipinski definition) is 1. The van der Waals surface area contributed by atoms with Gasteiger partial charge in [-0.25, -0.2) is 4.98 Å². The third-order valence-corrected chi connectivity index (χ3v) is 4.72. The van der Waals surface area contributed by atoms with E-state index in [2.05, 4.69) is 24.1 Å². The molecule has 0 saturated heterocycles. The van der Waals surface area contributed by atoms with Crippen molar-refractivity contribution in [3.05, 3.63) is 17.2 Å². The molecule has 1 N–H and O–H groups in total. The predicted octanol–water partition coefficient (Wildman–Crippen LogP) is 3.69. The molecule has 2 heterocycles. The summed E-state index contributed by atoms with van der Waals surface area (Å²) in [6.07, 6.45) is -0.0488. The standard InChI is InChI=1S/C15H22F3N3/c1-14(2)6-3-4-10(8-14)21-12-5-7-19-9-11(12)20-13(21)15(16,17)18/h10,19H,3-9H2,1-2H3. The summed E-state index contributed by atoms with van der Waals surface area (Å²) in [7, 11) is 0. The monoisotopic (exact) mass is 301 g/mol. The van der Waals surface area contributed by atoms with Gasteiger partial charge in [-0.2, -0.15) is 13.2 Å². The van der Waals surface area contributed by atoms with Crippen LogP contribution in [0.25, 0.3) is 0 Å². The summed E-state index contributed by atoms with van der Waals surface area (Å²) in [5.41, 5.74) is 1.48. The number of alkyl halides is 3. The second-order valence-electron chi connectivity index (χ2n) is 7.04. The van der Waals surface area contributed by atoms with Gasteiger partial charge in [0.2, 0.25) is 5.82 Å². The van der Waals surface area contributed by atoms with Gasteiger partial charge >= 0.3 is 6.18 Å². The first-order valence-corrected chi connectivity index (χ1v) is 7.66. The molecular weight excluding hydrogens is 279 g/mol. The Morgan fingerprint density at radius 3 is 2.76 bits per heavy atom. The van der Waals surface area contributed by atoms with Crippen LogP contribution in [0.1, 0.15) is 62.8 Å². The first kappa shape index (κ1) is 14.9. The molecule has 0 spiro atoms. The summed E-state index contributed by atoms with van der Waals surface area (Å²) in [6, 6.07) is -0.0697. The summed E-state index contributed by atoms with van der Waals surface area (Å²) >= 11 is 0. The SMILES string of the molecule is CC1(C)CCCC(n2c(C(F)(F)F)nc3c2CCNC3)C1. The van der Waals surface area contributed by atoms with Crippen LogP contribution in [0.4, 0.5) is 13.2 Å². The number of imidazole rings is 1. The third-order valence-electron chi connectivity index (χ3n) is 4.72. The van der Waals surface area contributed by atoms with Crippen molar-refractivity contribution < 1.29 is 13.2 Å². The zero-order valence-corrected chi connectivity index (χ0v) is 12.6. The van der Waals surface area contributed by atoms with Crippen molar-refractivity contribution in [2.24, 2.45) is 5.41 Å². The van der Waals surface area contributed by atoms with Gasteiger partial charge in [-0.3, -0.25) is 0 Å². The van der Waals surface area contributed by atoms with Crippen molar-refractivity contribution >= 4 is 0 Å². The van der Waals surface area contributed by atoms with Gasteiger partial charge in [0.15, 0.2) is 0 Å². The second-order valence-corrected chi connectivity index (χ2v) is 7.04. The van der Waals surface area contributed by atoms with E-state index in [1.807, 2.05) is 0 Å². The van der Waals surface area contributed by atoms with E-state index in [0.29, 0.717) is 18.7 Å². The summed E-state index contributed by atoms with van der Waals surface area (Å²) in [4.78, 5) is 3.92. The molecule has 1 atom stereocenters. The van der Waals surface area contributed by atoms with Crippen LogP contribution >= 0.6 is 0 Å². The molecule has 118 valence electrons. The number of nitrogens with one attached hydrogen (secondary N) is 1. The quantitative estimate of drug-likeness (QED) is 0.857. The molecule has 1 fully saturated rings. The molecule has 1 aromatic heterocycles. The van der Waals surface area contributed by atoms with Crippen molar-refractivity contribution in [2.75, 3.05) is 6.54 Å². The first-order valence-electron chi connectivity index (χ1n) is 7.66. The molecule has 1 aliphatic heterocycles. The summed E-state index contributed by atoms with van der Waals surface area (Å²) in [5, 5.41) is 3.11. The van der Waals surface area contributed by atoms with E-state index in [4.69, 9.17) is 0 Å². The maximum Gasteiger partial charge on any atom is 0.449 e. The van der Waals surface area contributed by atoms with E-state index in [-0.39, 0.29) is 11.5 Å². The lowest BCUT2D eigenvalue weighted by atomic mass is 9.75. The maximum absolute atomic E-state index is 13.4. The van der Waals surface area contributed by atoms with E-state index < -0.39 is 12.0 Å². The number of halogens is 3. The largest absolute Gasteiger partial charge is 0.449 e. The van der Waals surface area contributed by atoms with Gasteiger partial charge in [-0.05, 0) is 24.7 Å². The van der Waals surface area contributed by atoms with Gasteiger partial charge in [0.25, 0.3) is 0 Å². The van der Waals surface area contributed by atoms with Gasteiger partial charge in [0.05, 0.1) is 5.69 Å². The minimum Gasteiger partial charge on any atom is -0.321 e. The molecule has 1 unspecified atom stereocenters. The highest BCUT2D eigenvalue weighted by Crippen LogP contribution is 2.44. The topological polar surface area (TPSA) is 29.9 Å². The Morgan fingerprint density at radius 2 is 2.10 bits per heavy atom. The predicted molar refractivity (Wildman–Crippen MR) is 73.9 cm³/mol. The van der Waals surface area contributed by atoms with Crippen LogP contribution in [-0.2, 0) is 19.1 Å².